The monoisotopic (exact) mass is 341 g/mol. The summed E-state index contributed by atoms with van der Waals surface area (Å²) in [6.45, 7) is 7.82. The molecule has 2 rings (SSSR count). The Morgan fingerprint density at radius 2 is 2.13 bits per heavy atom. The molecule has 0 radical (unpaired) electrons. The van der Waals surface area contributed by atoms with E-state index in [4.69, 9.17) is 21.1 Å². The Morgan fingerprint density at radius 1 is 1.39 bits per heavy atom. The van der Waals surface area contributed by atoms with Gasteiger partial charge in [-0.05, 0) is 19.1 Å². The van der Waals surface area contributed by atoms with E-state index in [2.05, 4.69) is 15.5 Å². The van der Waals surface area contributed by atoms with Crippen LogP contribution in [0.5, 0.6) is 11.5 Å². The number of benzene rings is 1. The van der Waals surface area contributed by atoms with Crippen molar-refractivity contribution in [1.29, 1.82) is 0 Å². The minimum atomic E-state index is -0.164. The Bertz CT molecular complexity index is 534. The van der Waals surface area contributed by atoms with Gasteiger partial charge in [-0.1, -0.05) is 11.6 Å². The molecule has 0 aliphatic carbocycles. The summed E-state index contributed by atoms with van der Waals surface area (Å²) in [5.74, 6) is 0.768. The van der Waals surface area contributed by atoms with E-state index >= 15 is 0 Å². The quantitative estimate of drug-likeness (QED) is 0.784. The molecule has 1 fully saturated rings. The van der Waals surface area contributed by atoms with Gasteiger partial charge in [-0.25, -0.2) is 0 Å². The fourth-order valence-corrected chi connectivity index (χ4v) is 2.76. The average molecular weight is 342 g/mol. The maximum Gasteiger partial charge on any atom is 0.251 e. The Balaban J connectivity index is 1.94. The number of ether oxygens (including phenoxy) is 2. The number of hydrogen-bond acceptors (Lipinski definition) is 5. The summed E-state index contributed by atoms with van der Waals surface area (Å²) in [5, 5.41) is 6.60. The van der Waals surface area contributed by atoms with Crippen molar-refractivity contribution in [3.8, 4) is 11.5 Å². The number of hydrogen-bond donors (Lipinski definition) is 2. The standard InChI is InChI=1S/C16H24ClN3O3/c1-3-23-15-13(17)10-12(11-14(15)22-2)16(21)19-6-9-20-7-4-18-5-8-20/h10-11,18H,3-9H2,1-2H3,(H,19,21). The van der Waals surface area contributed by atoms with Crippen LogP contribution in [0.15, 0.2) is 12.1 Å². The van der Waals surface area contributed by atoms with Crippen LogP contribution in [-0.4, -0.2) is 63.8 Å². The molecule has 128 valence electrons. The summed E-state index contributed by atoms with van der Waals surface area (Å²) in [4.78, 5) is 14.6. The molecule has 2 N–H and O–H groups in total. The van der Waals surface area contributed by atoms with Gasteiger partial charge in [-0.2, -0.15) is 0 Å². The fourth-order valence-electron chi connectivity index (χ4n) is 2.50. The highest BCUT2D eigenvalue weighted by molar-refractivity contribution is 6.32. The maximum atomic E-state index is 12.3. The molecule has 7 heteroatoms. The van der Waals surface area contributed by atoms with Gasteiger partial charge in [-0.15, -0.1) is 0 Å². The number of methoxy groups -OCH3 is 1. The minimum absolute atomic E-state index is 0.164. The second-order valence-electron chi connectivity index (χ2n) is 5.27. The average Bonchev–Trinajstić information content (AvgIpc) is 2.57. The molecule has 23 heavy (non-hydrogen) atoms. The van der Waals surface area contributed by atoms with E-state index in [0.717, 1.165) is 32.7 Å². The summed E-state index contributed by atoms with van der Waals surface area (Å²) < 4.78 is 10.7. The first-order valence-corrected chi connectivity index (χ1v) is 8.25. The molecule has 1 heterocycles. The van der Waals surface area contributed by atoms with Gasteiger partial charge in [0.15, 0.2) is 11.5 Å². The van der Waals surface area contributed by atoms with Crippen molar-refractivity contribution in [3.63, 3.8) is 0 Å². The molecule has 1 aliphatic heterocycles. The van der Waals surface area contributed by atoms with Crippen LogP contribution < -0.4 is 20.1 Å². The van der Waals surface area contributed by atoms with E-state index in [1.165, 1.54) is 7.11 Å². The van der Waals surface area contributed by atoms with Crippen LogP contribution in [0.1, 0.15) is 17.3 Å². The predicted octanol–water partition coefficient (Wildman–Crippen LogP) is 1.38. The van der Waals surface area contributed by atoms with Crippen LogP contribution in [0.25, 0.3) is 0 Å². The van der Waals surface area contributed by atoms with E-state index in [1.807, 2.05) is 6.92 Å². The highest BCUT2D eigenvalue weighted by Crippen LogP contribution is 2.36. The van der Waals surface area contributed by atoms with Gasteiger partial charge >= 0.3 is 0 Å². The molecule has 1 aromatic rings. The topological polar surface area (TPSA) is 62.8 Å². The summed E-state index contributed by atoms with van der Waals surface area (Å²) in [6.07, 6.45) is 0. The SMILES string of the molecule is CCOc1c(Cl)cc(C(=O)NCCN2CCNCC2)cc1OC. The maximum absolute atomic E-state index is 12.3. The van der Waals surface area contributed by atoms with Crippen molar-refractivity contribution >= 4 is 17.5 Å². The highest BCUT2D eigenvalue weighted by atomic mass is 35.5. The lowest BCUT2D eigenvalue weighted by Gasteiger charge is -2.27. The largest absolute Gasteiger partial charge is 0.493 e. The number of carbonyl (C=O) groups excluding carboxylic acids is 1. The first-order chi connectivity index (χ1) is 11.2. The number of piperazine rings is 1. The first kappa shape index (κ1) is 17.8. The number of amides is 1. The zero-order valence-corrected chi connectivity index (χ0v) is 14.4. The van der Waals surface area contributed by atoms with Crippen molar-refractivity contribution in [2.24, 2.45) is 0 Å². The molecule has 1 aliphatic rings. The smallest absolute Gasteiger partial charge is 0.251 e. The van der Waals surface area contributed by atoms with E-state index in [-0.39, 0.29) is 5.91 Å². The van der Waals surface area contributed by atoms with Gasteiger partial charge in [0, 0.05) is 44.8 Å². The molecule has 6 nitrogen and oxygen atoms in total. The summed E-state index contributed by atoms with van der Waals surface area (Å²) in [7, 11) is 1.53. The third-order valence-corrected chi connectivity index (χ3v) is 3.98. The Kier molecular flexibility index (Phi) is 6.95. The van der Waals surface area contributed by atoms with Crippen molar-refractivity contribution in [2.45, 2.75) is 6.92 Å². The number of halogens is 1. The van der Waals surface area contributed by atoms with Crippen LogP contribution in [0.3, 0.4) is 0 Å². The fraction of sp³-hybridized carbons (Fsp3) is 0.562. The van der Waals surface area contributed by atoms with Gasteiger partial charge in [-0.3, -0.25) is 9.69 Å². The summed E-state index contributed by atoms with van der Waals surface area (Å²) in [6, 6.07) is 3.26. The molecule has 0 saturated carbocycles. The van der Waals surface area contributed by atoms with Gasteiger partial charge in [0.25, 0.3) is 5.91 Å². The molecule has 1 amide bonds. The molecule has 0 atom stereocenters. The molecule has 0 bridgehead atoms. The predicted molar refractivity (Wildman–Crippen MR) is 90.8 cm³/mol. The Labute approximate surface area is 142 Å². The second-order valence-corrected chi connectivity index (χ2v) is 5.68. The third-order valence-electron chi connectivity index (χ3n) is 3.70. The van der Waals surface area contributed by atoms with Gasteiger partial charge in [0.05, 0.1) is 18.7 Å². The molecular formula is C16H24ClN3O3. The van der Waals surface area contributed by atoms with E-state index in [0.29, 0.717) is 35.2 Å². The van der Waals surface area contributed by atoms with Crippen LogP contribution in [0, 0.1) is 0 Å². The lowest BCUT2D eigenvalue weighted by atomic mass is 10.2. The molecule has 0 spiro atoms. The van der Waals surface area contributed by atoms with E-state index in [1.54, 1.807) is 12.1 Å². The lowest BCUT2D eigenvalue weighted by Crippen LogP contribution is -2.46. The number of rotatable bonds is 7. The highest BCUT2D eigenvalue weighted by Gasteiger charge is 2.16. The third kappa shape index (κ3) is 4.99. The molecule has 0 unspecified atom stereocenters. The Hall–Kier alpha value is -1.50. The van der Waals surface area contributed by atoms with Gasteiger partial charge in [0.1, 0.15) is 0 Å². The van der Waals surface area contributed by atoms with Crippen LogP contribution in [-0.2, 0) is 0 Å². The number of nitrogens with one attached hydrogen (secondary N) is 2. The molecule has 0 aromatic heterocycles. The second kappa shape index (κ2) is 8.96. The van der Waals surface area contributed by atoms with Gasteiger partial charge in [0.2, 0.25) is 0 Å². The van der Waals surface area contributed by atoms with E-state index in [9.17, 15) is 4.79 Å². The number of carbonyl (C=O) groups is 1. The summed E-state index contributed by atoms with van der Waals surface area (Å²) >= 11 is 6.19. The molecular weight excluding hydrogens is 318 g/mol. The van der Waals surface area contributed by atoms with Gasteiger partial charge < -0.3 is 20.1 Å². The normalized spacial score (nSPS) is 15.3. The van der Waals surface area contributed by atoms with Crippen molar-refractivity contribution < 1.29 is 14.3 Å². The zero-order chi connectivity index (χ0) is 16.7. The van der Waals surface area contributed by atoms with Crippen molar-refractivity contribution in [3.05, 3.63) is 22.7 Å². The van der Waals surface area contributed by atoms with Crippen molar-refractivity contribution in [1.82, 2.24) is 15.5 Å². The minimum Gasteiger partial charge on any atom is -0.493 e. The zero-order valence-electron chi connectivity index (χ0n) is 13.7. The van der Waals surface area contributed by atoms with Crippen LogP contribution >= 0.6 is 11.6 Å². The lowest BCUT2D eigenvalue weighted by molar-refractivity contribution is 0.0947. The van der Waals surface area contributed by atoms with Crippen LogP contribution in [0.2, 0.25) is 5.02 Å². The first-order valence-electron chi connectivity index (χ1n) is 7.87. The Morgan fingerprint density at radius 3 is 2.78 bits per heavy atom. The number of nitrogens with zero attached hydrogens (tertiary/aromatic N) is 1. The molecule has 1 aromatic carbocycles. The van der Waals surface area contributed by atoms with E-state index < -0.39 is 0 Å². The summed E-state index contributed by atoms with van der Waals surface area (Å²) in [5.41, 5.74) is 0.468. The molecule has 1 saturated heterocycles. The van der Waals surface area contributed by atoms with Crippen LogP contribution in [0.4, 0.5) is 0 Å². The van der Waals surface area contributed by atoms with Crippen molar-refractivity contribution in [2.75, 3.05) is 53.0 Å².